The van der Waals surface area contributed by atoms with Gasteiger partial charge in [-0.15, -0.1) is 6.58 Å². The van der Waals surface area contributed by atoms with Crippen molar-refractivity contribution in [1.82, 2.24) is 9.88 Å². The van der Waals surface area contributed by atoms with Crippen LogP contribution in [-0.4, -0.2) is 46.1 Å². The normalized spacial score (nSPS) is 22.3. The van der Waals surface area contributed by atoms with Crippen molar-refractivity contribution in [2.75, 3.05) is 13.1 Å². The van der Waals surface area contributed by atoms with Crippen LogP contribution in [0.25, 0.3) is 21.7 Å². The molecule has 3 aliphatic heterocycles. The van der Waals surface area contributed by atoms with E-state index >= 15 is 0 Å². The second-order valence-corrected chi connectivity index (χ2v) is 10.8. The van der Waals surface area contributed by atoms with Gasteiger partial charge in [0.05, 0.1) is 23.7 Å². The van der Waals surface area contributed by atoms with Crippen LogP contribution in [0.15, 0.2) is 92.2 Å². The Morgan fingerprint density at radius 1 is 1.07 bits per heavy atom. The van der Waals surface area contributed by atoms with Crippen LogP contribution >= 0.6 is 0 Å². The number of piperidine rings is 3. The Hall–Kier alpha value is -4.33. The lowest BCUT2D eigenvalue weighted by atomic mass is 9.73. The highest BCUT2D eigenvalue weighted by Crippen LogP contribution is 2.44. The van der Waals surface area contributed by atoms with E-state index in [-0.39, 0.29) is 12.6 Å². The lowest BCUT2D eigenvalue weighted by Crippen LogP contribution is -2.55. The molecule has 2 unspecified atom stereocenters. The first-order chi connectivity index (χ1) is 20.0. The third kappa shape index (κ3) is 5.26. The molecule has 0 radical (unpaired) electrons. The molecule has 1 aromatic heterocycles. The number of aromatic nitrogens is 1. The molecule has 208 valence electrons. The van der Waals surface area contributed by atoms with Gasteiger partial charge in [-0.25, -0.2) is 9.59 Å². The zero-order valence-corrected chi connectivity index (χ0v) is 22.7. The third-order valence-electron chi connectivity index (χ3n) is 8.50. The molecule has 1 N–H and O–H groups in total. The number of esters is 2. The molecule has 7 heteroatoms. The molecule has 0 spiro atoms. The summed E-state index contributed by atoms with van der Waals surface area (Å²) in [5.74, 6) is 0.392. The fourth-order valence-corrected chi connectivity index (χ4v) is 6.36. The number of rotatable bonds is 8. The minimum atomic E-state index is -0.531. The number of aliphatic hydroxyl groups is 1. The number of hydrogen-bond donors (Lipinski definition) is 1. The van der Waals surface area contributed by atoms with Crippen LogP contribution in [0.1, 0.15) is 40.4 Å². The first-order valence-corrected chi connectivity index (χ1v) is 13.9. The molecule has 41 heavy (non-hydrogen) atoms. The number of pyridine rings is 1. The van der Waals surface area contributed by atoms with Gasteiger partial charge in [0.15, 0.2) is 0 Å². The highest BCUT2D eigenvalue weighted by Gasteiger charge is 2.44. The Kier molecular flexibility index (Phi) is 7.39. The van der Waals surface area contributed by atoms with Crippen molar-refractivity contribution in [3.63, 3.8) is 0 Å². The molecule has 3 aliphatic rings. The molecule has 4 aromatic rings. The fraction of sp³-hybridized carbons (Fsp3) is 0.265. The number of carbonyl (C=O) groups is 2. The van der Waals surface area contributed by atoms with E-state index in [0.29, 0.717) is 23.1 Å². The number of carbonyl (C=O) groups excluding carboxylic acids is 2. The molecule has 5 atom stereocenters. The minimum absolute atomic E-state index is 0.0137. The van der Waals surface area contributed by atoms with E-state index in [1.807, 2.05) is 36.4 Å². The third-order valence-corrected chi connectivity index (χ3v) is 8.50. The molecule has 0 saturated carbocycles. The number of hydrogen-bond acceptors (Lipinski definition) is 7. The lowest BCUT2D eigenvalue weighted by Gasteiger charge is -2.51. The molecule has 7 rings (SSSR count). The summed E-state index contributed by atoms with van der Waals surface area (Å²) in [5, 5.41) is 12.3. The summed E-state index contributed by atoms with van der Waals surface area (Å²) in [6.07, 6.45) is 6.42. The average molecular weight is 549 g/mol. The Bertz CT molecular complexity index is 1660. The van der Waals surface area contributed by atoms with Gasteiger partial charge in [-0.05, 0) is 90.0 Å². The van der Waals surface area contributed by atoms with E-state index in [1.54, 1.807) is 30.5 Å². The first kappa shape index (κ1) is 26.9. The van der Waals surface area contributed by atoms with Gasteiger partial charge in [0.1, 0.15) is 11.9 Å². The second-order valence-electron chi connectivity index (χ2n) is 10.8. The van der Waals surface area contributed by atoms with Crippen molar-refractivity contribution >= 4 is 33.6 Å². The fourth-order valence-electron chi connectivity index (χ4n) is 6.36. The maximum Gasteiger partial charge on any atom is 0.338 e. The van der Waals surface area contributed by atoms with Crippen LogP contribution < -0.4 is 4.74 Å². The lowest BCUT2D eigenvalue weighted by molar-refractivity contribution is -0.128. The van der Waals surface area contributed by atoms with Crippen molar-refractivity contribution in [3.8, 4) is 5.75 Å². The predicted octanol–water partition coefficient (Wildman–Crippen LogP) is 5.77. The van der Waals surface area contributed by atoms with Crippen molar-refractivity contribution in [3.05, 3.63) is 109 Å². The number of fused-ring (bicyclic) bond motifs is 5. The molecular weight excluding hydrogens is 516 g/mol. The highest BCUT2D eigenvalue weighted by atomic mass is 16.5. The Morgan fingerprint density at radius 3 is 2.66 bits per heavy atom. The van der Waals surface area contributed by atoms with Gasteiger partial charge in [-0.3, -0.25) is 9.88 Å². The Labute approximate surface area is 238 Å². The number of aliphatic hydroxyl groups excluding tert-OH is 1. The van der Waals surface area contributed by atoms with Crippen LogP contribution in [0.4, 0.5) is 0 Å². The van der Waals surface area contributed by atoms with Crippen molar-refractivity contribution in [2.45, 2.75) is 31.6 Å². The SMILES string of the molecule is C=CC(=O)Oc1ccc2cc(C(=O)O[C@@H](c3ccnc4ccc(CO)cc34)[C@@H]3CC4CCN3C[C@@H]4C=C)ccc2c1. The van der Waals surface area contributed by atoms with Crippen LogP contribution in [0.2, 0.25) is 0 Å². The molecule has 3 fully saturated rings. The number of nitrogens with zero attached hydrogens (tertiary/aromatic N) is 2. The van der Waals surface area contributed by atoms with Crippen molar-refractivity contribution in [1.29, 1.82) is 0 Å². The topological polar surface area (TPSA) is 89.0 Å². The van der Waals surface area contributed by atoms with Gasteiger partial charge in [0, 0.05) is 29.8 Å². The van der Waals surface area contributed by atoms with Crippen molar-refractivity contribution in [2.24, 2.45) is 11.8 Å². The van der Waals surface area contributed by atoms with E-state index in [0.717, 1.165) is 64.8 Å². The standard InChI is InChI=1S/C34H32N2O5/c1-3-22-19-36-14-12-25(22)18-31(36)33(28-11-13-35-30-10-5-21(20-37)15-29(28)30)41-34(39)26-7-6-24-17-27(40-32(38)4-2)9-8-23(24)16-26/h3-11,13,15-17,22,25,31,33,37H,1-2,12,14,18-20H2/t22-,25?,31-,33-/m0/s1. The molecule has 0 aliphatic carbocycles. The summed E-state index contributed by atoms with van der Waals surface area (Å²) in [7, 11) is 0. The molecule has 3 saturated heterocycles. The Morgan fingerprint density at radius 2 is 1.90 bits per heavy atom. The maximum atomic E-state index is 13.8. The molecule has 4 heterocycles. The summed E-state index contributed by atoms with van der Waals surface area (Å²) in [6.45, 7) is 9.24. The van der Waals surface area contributed by atoms with Crippen LogP contribution in [0.3, 0.4) is 0 Å². The molecule has 7 nitrogen and oxygen atoms in total. The quantitative estimate of drug-likeness (QED) is 0.129. The molecular formula is C34H32N2O5. The molecule has 2 bridgehead atoms. The van der Waals surface area contributed by atoms with E-state index in [4.69, 9.17) is 9.47 Å². The zero-order chi connectivity index (χ0) is 28.5. The summed E-state index contributed by atoms with van der Waals surface area (Å²) >= 11 is 0. The van der Waals surface area contributed by atoms with E-state index in [1.165, 1.54) is 0 Å². The van der Waals surface area contributed by atoms with Crippen molar-refractivity contribution < 1.29 is 24.2 Å². The predicted molar refractivity (Wildman–Crippen MR) is 157 cm³/mol. The number of ether oxygens (including phenoxy) is 2. The largest absolute Gasteiger partial charge is 0.452 e. The van der Waals surface area contributed by atoms with E-state index in [2.05, 4.69) is 29.1 Å². The second kappa shape index (κ2) is 11.3. The average Bonchev–Trinajstić information content (AvgIpc) is 3.02. The van der Waals surface area contributed by atoms with Crippen LogP contribution in [-0.2, 0) is 16.1 Å². The van der Waals surface area contributed by atoms with E-state index < -0.39 is 18.0 Å². The van der Waals surface area contributed by atoms with Gasteiger partial charge in [-0.2, -0.15) is 0 Å². The summed E-state index contributed by atoms with van der Waals surface area (Å²) < 4.78 is 11.7. The van der Waals surface area contributed by atoms with Crippen LogP contribution in [0, 0.1) is 11.8 Å². The monoisotopic (exact) mass is 548 g/mol. The zero-order valence-electron chi connectivity index (χ0n) is 22.7. The van der Waals surface area contributed by atoms with E-state index in [9.17, 15) is 14.7 Å². The molecule has 3 aromatic carbocycles. The summed E-state index contributed by atoms with van der Waals surface area (Å²) in [5.41, 5.74) is 2.90. The van der Waals surface area contributed by atoms with Gasteiger partial charge < -0.3 is 14.6 Å². The van der Waals surface area contributed by atoms with Gasteiger partial charge >= 0.3 is 11.9 Å². The summed E-state index contributed by atoms with van der Waals surface area (Å²) in [4.78, 5) is 32.3. The maximum absolute atomic E-state index is 13.8. The minimum Gasteiger partial charge on any atom is -0.452 e. The highest BCUT2D eigenvalue weighted by molar-refractivity contribution is 5.96. The smallest absolute Gasteiger partial charge is 0.338 e. The van der Waals surface area contributed by atoms with Gasteiger partial charge in [-0.1, -0.05) is 30.9 Å². The van der Waals surface area contributed by atoms with Gasteiger partial charge in [0.25, 0.3) is 0 Å². The number of benzene rings is 3. The first-order valence-electron chi connectivity index (χ1n) is 13.9. The Balaban J connectivity index is 1.35. The van der Waals surface area contributed by atoms with Crippen LogP contribution in [0.5, 0.6) is 5.75 Å². The molecule has 0 amide bonds. The summed E-state index contributed by atoms with van der Waals surface area (Å²) in [6, 6.07) is 18.2. The van der Waals surface area contributed by atoms with Gasteiger partial charge in [0.2, 0.25) is 0 Å².